The van der Waals surface area contributed by atoms with Gasteiger partial charge in [0.1, 0.15) is 6.61 Å². The number of amides is 1. The Morgan fingerprint density at radius 3 is 2.63 bits per heavy atom. The minimum atomic E-state index is 0. The molecule has 1 heterocycles. The lowest BCUT2D eigenvalue weighted by Gasteiger charge is -2.34. The fourth-order valence-electron chi connectivity index (χ4n) is 2.97. The Morgan fingerprint density at radius 1 is 1.22 bits per heavy atom. The minimum Gasteiger partial charge on any atom is -0.493 e. The van der Waals surface area contributed by atoms with Crippen LogP contribution < -0.4 is 14.8 Å². The van der Waals surface area contributed by atoms with Gasteiger partial charge in [-0.2, -0.15) is 0 Å². The number of rotatable bonds is 5. The van der Waals surface area contributed by atoms with Crippen molar-refractivity contribution in [2.24, 2.45) is 0 Å². The maximum atomic E-state index is 12.8. The van der Waals surface area contributed by atoms with Gasteiger partial charge in [0.2, 0.25) is 0 Å². The van der Waals surface area contributed by atoms with E-state index in [9.17, 15) is 4.79 Å². The number of piperazine rings is 1. The first-order chi connectivity index (χ1) is 12.6. The molecule has 2 aromatic rings. The normalized spacial score (nSPS) is 16.4. The molecule has 1 amide bonds. The van der Waals surface area contributed by atoms with Crippen molar-refractivity contribution in [1.29, 1.82) is 0 Å². The summed E-state index contributed by atoms with van der Waals surface area (Å²) in [5.74, 6) is 1.17. The molecule has 0 radical (unpaired) electrons. The van der Waals surface area contributed by atoms with Crippen molar-refractivity contribution in [3.63, 3.8) is 0 Å². The van der Waals surface area contributed by atoms with Gasteiger partial charge in [0.25, 0.3) is 5.91 Å². The van der Waals surface area contributed by atoms with Gasteiger partial charge < -0.3 is 19.7 Å². The van der Waals surface area contributed by atoms with Crippen molar-refractivity contribution in [2.45, 2.75) is 19.6 Å². The van der Waals surface area contributed by atoms with E-state index >= 15 is 0 Å². The summed E-state index contributed by atoms with van der Waals surface area (Å²) in [4.78, 5) is 14.7. The lowest BCUT2D eigenvalue weighted by molar-refractivity contribution is 0.0655. The van der Waals surface area contributed by atoms with Gasteiger partial charge in [-0.15, -0.1) is 12.4 Å². The maximum absolute atomic E-state index is 12.8. The summed E-state index contributed by atoms with van der Waals surface area (Å²) in [6.07, 6.45) is 0. The highest BCUT2D eigenvalue weighted by Gasteiger charge is 2.24. The number of benzene rings is 2. The van der Waals surface area contributed by atoms with Crippen molar-refractivity contribution in [3.8, 4) is 11.5 Å². The van der Waals surface area contributed by atoms with E-state index in [1.807, 2.05) is 36.1 Å². The van der Waals surface area contributed by atoms with Gasteiger partial charge in [-0.25, -0.2) is 0 Å². The van der Waals surface area contributed by atoms with Crippen molar-refractivity contribution < 1.29 is 14.3 Å². The summed E-state index contributed by atoms with van der Waals surface area (Å²) in [5, 5.41) is 3.98. The molecule has 27 heavy (non-hydrogen) atoms. The van der Waals surface area contributed by atoms with E-state index in [1.54, 1.807) is 25.3 Å². The van der Waals surface area contributed by atoms with Crippen molar-refractivity contribution in [3.05, 3.63) is 58.6 Å². The van der Waals surface area contributed by atoms with Crippen molar-refractivity contribution in [1.82, 2.24) is 10.2 Å². The van der Waals surface area contributed by atoms with Gasteiger partial charge in [-0.05, 0) is 42.8 Å². The first-order valence-electron chi connectivity index (χ1n) is 8.65. The van der Waals surface area contributed by atoms with Crippen LogP contribution in [-0.2, 0) is 6.61 Å². The third kappa shape index (κ3) is 5.28. The molecule has 7 heteroatoms. The number of carbonyl (C=O) groups is 1. The minimum absolute atomic E-state index is 0. The molecule has 0 bridgehead atoms. The zero-order valence-corrected chi connectivity index (χ0v) is 17.0. The number of carbonyl (C=O) groups excluding carboxylic acids is 1. The van der Waals surface area contributed by atoms with Crippen molar-refractivity contribution >= 4 is 29.9 Å². The summed E-state index contributed by atoms with van der Waals surface area (Å²) in [7, 11) is 1.58. The van der Waals surface area contributed by atoms with E-state index in [0.29, 0.717) is 35.2 Å². The third-order valence-electron chi connectivity index (χ3n) is 4.48. The van der Waals surface area contributed by atoms with E-state index in [1.165, 1.54) is 0 Å². The van der Waals surface area contributed by atoms with Crippen LogP contribution in [0.3, 0.4) is 0 Å². The van der Waals surface area contributed by atoms with Gasteiger partial charge in [0.05, 0.1) is 7.11 Å². The van der Waals surface area contributed by atoms with Crippen LogP contribution in [0.4, 0.5) is 0 Å². The van der Waals surface area contributed by atoms with Crippen molar-refractivity contribution in [2.75, 3.05) is 26.7 Å². The average Bonchev–Trinajstić information content (AvgIpc) is 2.67. The van der Waals surface area contributed by atoms with Crippen LogP contribution in [0, 0.1) is 0 Å². The van der Waals surface area contributed by atoms with Crippen LogP contribution >= 0.6 is 24.0 Å². The molecule has 0 aromatic heterocycles. The van der Waals surface area contributed by atoms with Crippen LogP contribution in [0.2, 0.25) is 5.02 Å². The summed E-state index contributed by atoms with van der Waals surface area (Å²) < 4.78 is 11.3. The van der Waals surface area contributed by atoms with E-state index in [-0.39, 0.29) is 24.4 Å². The smallest absolute Gasteiger partial charge is 0.254 e. The zero-order chi connectivity index (χ0) is 18.5. The molecule has 1 saturated heterocycles. The standard InChI is InChI=1S/C20H23ClN2O3.ClH/c1-14-12-22-9-10-23(14)20(24)16-5-8-18(19(11-16)25-2)26-13-15-3-6-17(21)7-4-15;/h3-8,11,14,22H,9-10,12-13H2,1-2H3;1H. The highest BCUT2D eigenvalue weighted by atomic mass is 35.5. The SMILES string of the molecule is COc1cc(C(=O)N2CCNCC2C)ccc1OCc1ccc(Cl)cc1.Cl. The number of nitrogens with one attached hydrogen (secondary N) is 1. The van der Waals surface area contributed by atoms with Gasteiger partial charge in [-0.3, -0.25) is 4.79 Å². The van der Waals surface area contributed by atoms with E-state index < -0.39 is 0 Å². The molecule has 2 aromatic carbocycles. The molecule has 1 unspecified atom stereocenters. The number of ether oxygens (including phenoxy) is 2. The molecule has 3 rings (SSSR count). The Balaban J connectivity index is 0.00000261. The number of nitrogens with zero attached hydrogens (tertiary/aromatic N) is 1. The molecule has 0 spiro atoms. The Hall–Kier alpha value is -1.95. The topological polar surface area (TPSA) is 50.8 Å². The second-order valence-electron chi connectivity index (χ2n) is 6.33. The first-order valence-corrected chi connectivity index (χ1v) is 9.03. The van der Waals surface area contributed by atoms with Crippen LogP contribution in [0.1, 0.15) is 22.8 Å². The average molecular weight is 411 g/mol. The number of methoxy groups -OCH3 is 1. The molecular weight excluding hydrogens is 387 g/mol. The molecule has 5 nitrogen and oxygen atoms in total. The second kappa shape index (κ2) is 9.83. The number of halogens is 2. The van der Waals surface area contributed by atoms with Crippen LogP contribution in [-0.4, -0.2) is 43.6 Å². The molecule has 1 aliphatic rings. The molecule has 1 atom stereocenters. The lowest BCUT2D eigenvalue weighted by Crippen LogP contribution is -2.52. The van der Waals surface area contributed by atoms with Gasteiger partial charge in [-0.1, -0.05) is 23.7 Å². The Kier molecular flexibility index (Phi) is 7.78. The molecule has 1 aliphatic heterocycles. The predicted octanol–water partition coefficient (Wildman–Crippen LogP) is 3.78. The Morgan fingerprint density at radius 2 is 1.96 bits per heavy atom. The largest absolute Gasteiger partial charge is 0.493 e. The highest BCUT2D eigenvalue weighted by molar-refractivity contribution is 6.30. The number of hydrogen-bond donors (Lipinski definition) is 1. The van der Waals surface area contributed by atoms with E-state index in [4.69, 9.17) is 21.1 Å². The highest BCUT2D eigenvalue weighted by Crippen LogP contribution is 2.29. The van der Waals surface area contributed by atoms with Gasteiger partial charge in [0, 0.05) is 36.3 Å². The molecule has 0 saturated carbocycles. The van der Waals surface area contributed by atoms with Crippen LogP contribution in [0.25, 0.3) is 0 Å². The Labute approximate surface area is 171 Å². The summed E-state index contributed by atoms with van der Waals surface area (Å²) >= 11 is 5.90. The maximum Gasteiger partial charge on any atom is 0.254 e. The predicted molar refractivity (Wildman–Crippen MR) is 109 cm³/mol. The van der Waals surface area contributed by atoms with Crippen LogP contribution in [0.5, 0.6) is 11.5 Å². The van der Waals surface area contributed by atoms with Gasteiger partial charge >= 0.3 is 0 Å². The Bertz CT molecular complexity index is 768. The molecule has 1 fully saturated rings. The zero-order valence-electron chi connectivity index (χ0n) is 15.4. The lowest BCUT2D eigenvalue weighted by atomic mass is 10.1. The van der Waals surface area contributed by atoms with Gasteiger partial charge in [0.15, 0.2) is 11.5 Å². The quantitative estimate of drug-likeness (QED) is 0.814. The third-order valence-corrected chi connectivity index (χ3v) is 4.73. The van der Waals surface area contributed by atoms with Crippen LogP contribution in [0.15, 0.2) is 42.5 Å². The second-order valence-corrected chi connectivity index (χ2v) is 6.77. The molecular formula is C20H24Cl2N2O3. The summed E-state index contributed by atoms with van der Waals surface area (Å²) in [6.45, 7) is 4.78. The van der Waals surface area contributed by atoms with E-state index in [2.05, 4.69) is 5.32 Å². The number of hydrogen-bond acceptors (Lipinski definition) is 4. The molecule has 1 N–H and O–H groups in total. The fraction of sp³-hybridized carbons (Fsp3) is 0.350. The van der Waals surface area contributed by atoms with E-state index in [0.717, 1.165) is 18.7 Å². The fourth-order valence-corrected chi connectivity index (χ4v) is 3.10. The monoisotopic (exact) mass is 410 g/mol. The summed E-state index contributed by atoms with van der Waals surface area (Å²) in [6, 6.07) is 13.0. The molecule has 0 aliphatic carbocycles. The first kappa shape index (κ1) is 21.4. The molecule has 146 valence electrons. The summed E-state index contributed by atoms with van der Waals surface area (Å²) in [5.41, 5.74) is 1.61.